The number of nitrogens with zero attached hydrogens (tertiary/aromatic N) is 3. The number of nitrogens with one attached hydrogen (secondary N) is 1. The summed E-state index contributed by atoms with van der Waals surface area (Å²) in [4.78, 5) is 15.3. The molecule has 0 spiro atoms. The second kappa shape index (κ2) is 8.35. The summed E-state index contributed by atoms with van der Waals surface area (Å²) in [5.74, 6) is 2.24. The fraction of sp³-hybridized carbons (Fsp3) is 0.444. The average Bonchev–Trinajstić information content (AvgIpc) is 3.10. The van der Waals surface area contributed by atoms with Crippen molar-refractivity contribution in [2.75, 3.05) is 24.6 Å². The quantitative estimate of drug-likeness (QED) is 0.873. The van der Waals surface area contributed by atoms with Gasteiger partial charge in [-0.2, -0.15) is 16.9 Å². The Hall–Kier alpha value is -1.79. The van der Waals surface area contributed by atoms with Crippen molar-refractivity contribution in [2.24, 2.45) is 0 Å². The summed E-state index contributed by atoms with van der Waals surface area (Å²) in [6.45, 7) is 4.60. The fourth-order valence-electron chi connectivity index (χ4n) is 3.06. The fourth-order valence-corrected chi connectivity index (χ4v) is 3.99. The lowest BCUT2D eigenvalue weighted by atomic mass is 10.0. The SMILES string of the molecule is C[C@H](Cn1cccn1)NC(=O)[C@H](c1ccccc1)N1CCSCC1. The molecule has 1 amide bonds. The largest absolute Gasteiger partial charge is 0.350 e. The second-order valence-electron chi connectivity index (χ2n) is 6.10. The molecule has 5 nitrogen and oxygen atoms in total. The standard InChI is InChI=1S/C18H24N4OS/c1-15(14-22-9-5-8-19-22)20-18(23)17(16-6-3-2-4-7-16)21-10-12-24-13-11-21/h2-9,15,17H,10-14H2,1H3,(H,20,23)/t15-,17+/m1/s1. The van der Waals surface area contributed by atoms with Gasteiger partial charge in [-0.25, -0.2) is 0 Å². The normalized spacial score (nSPS) is 18.0. The Kier molecular flexibility index (Phi) is 5.93. The molecule has 1 aliphatic rings. The molecule has 0 unspecified atom stereocenters. The van der Waals surface area contributed by atoms with Crippen LogP contribution in [0.15, 0.2) is 48.8 Å². The van der Waals surface area contributed by atoms with E-state index in [-0.39, 0.29) is 18.0 Å². The molecular formula is C18H24N4OS. The molecule has 1 aliphatic heterocycles. The van der Waals surface area contributed by atoms with Crippen LogP contribution in [0.5, 0.6) is 0 Å². The minimum absolute atomic E-state index is 0.0303. The van der Waals surface area contributed by atoms with E-state index in [2.05, 4.69) is 15.3 Å². The Morgan fingerprint density at radius 2 is 2.00 bits per heavy atom. The van der Waals surface area contributed by atoms with E-state index in [1.54, 1.807) is 6.20 Å². The molecule has 2 aromatic rings. The number of hydrogen-bond donors (Lipinski definition) is 1. The first-order valence-electron chi connectivity index (χ1n) is 8.38. The van der Waals surface area contributed by atoms with Crippen LogP contribution in [0.1, 0.15) is 18.5 Å². The molecule has 3 rings (SSSR count). The number of thioether (sulfide) groups is 1. The van der Waals surface area contributed by atoms with Gasteiger partial charge in [-0.1, -0.05) is 30.3 Å². The minimum Gasteiger partial charge on any atom is -0.350 e. The predicted molar refractivity (Wildman–Crippen MR) is 97.9 cm³/mol. The van der Waals surface area contributed by atoms with Crippen molar-refractivity contribution >= 4 is 17.7 Å². The molecule has 0 aliphatic carbocycles. The lowest BCUT2D eigenvalue weighted by Gasteiger charge is -2.34. The maximum atomic E-state index is 13.0. The molecule has 6 heteroatoms. The van der Waals surface area contributed by atoms with Gasteiger partial charge in [-0.05, 0) is 18.6 Å². The van der Waals surface area contributed by atoms with Crippen LogP contribution in [0.4, 0.5) is 0 Å². The van der Waals surface area contributed by atoms with E-state index in [1.165, 1.54) is 0 Å². The smallest absolute Gasteiger partial charge is 0.242 e. The summed E-state index contributed by atoms with van der Waals surface area (Å²) >= 11 is 1.95. The lowest BCUT2D eigenvalue weighted by Crippen LogP contribution is -2.47. The van der Waals surface area contributed by atoms with Gasteiger partial charge in [-0.15, -0.1) is 0 Å². The molecule has 1 fully saturated rings. The van der Waals surface area contributed by atoms with Crippen molar-refractivity contribution in [1.29, 1.82) is 0 Å². The first kappa shape index (κ1) is 17.0. The van der Waals surface area contributed by atoms with Gasteiger partial charge in [0, 0.05) is 43.0 Å². The summed E-state index contributed by atoms with van der Waals surface area (Å²) in [5.41, 5.74) is 1.06. The predicted octanol–water partition coefficient (Wildman–Crippen LogP) is 2.18. The van der Waals surface area contributed by atoms with Crippen molar-refractivity contribution in [1.82, 2.24) is 20.0 Å². The highest BCUT2D eigenvalue weighted by atomic mass is 32.2. The van der Waals surface area contributed by atoms with Gasteiger partial charge in [0.15, 0.2) is 0 Å². The van der Waals surface area contributed by atoms with Crippen LogP contribution < -0.4 is 5.32 Å². The molecule has 0 bridgehead atoms. The molecule has 24 heavy (non-hydrogen) atoms. The number of rotatable bonds is 6. The molecule has 1 aromatic carbocycles. The Labute approximate surface area is 147 Å². The molecule has 1 N–H and O–H groups in total. The van der Waals surface area contributed by atoms with Crippen LogP contribution in [0.25, 0.3) is 0 Å². The maximum Gasteiger partial charge on any atom is 0.242 e. The van der Waals surface area contributed by atoms with E-state index in [1.807, 2.05) is 66.0 Å². The summed E-state index contributed by atoms with van der Waals surface area (Å²) in [7, 11) is 0. The summed E-state index contributed by atoms with van der Waals surface area (Å²) in [6.07, 6.45) is 3.67. The Bertz CT molecular complexity index is 626. The highest BCUT2D eigenvalue weighted by Crippen LogP contribution is 2.24. The average molecular weight is 344 g/mol. The highest BCUT2D eigenvalue weighted by Gasteiger charge is 2.29. The number of amides is 1. The van der Waals surface area contributed by atoms with Crippen LogP contribution in [-0.2, 0) is 11.3 Å². The van der Waals surface area contributed by atoms with E-state index in [0.29, 0.717) is 6.54 Å². The van der Waals surface area contributed by atoms with Gasteiger partial charge in [-0.3, -0.25) is 14.4 Å². The van der Waals surface area contributed by atoms with Crippen LogP contribution in [0.3, 0.4) is 0 Å². The molecule has 128 valence electrons. The first-order chi connectivity index (χ1) is 11.7. The van der Waals surface area contributed by atoms with Crippen molar-refractivity contribution in [2.45, 2.75) is 25.6 Å². The van der Waals surface area contributed by atoms with Crippen LogP contribution >= 0.6 is 11.8 Å². The molecule has 2 heterocycles. The van der Waals surface area contributed by atoms with Crippen molar-refractivity contribution < 1.29 is 4.79 Å². The second-order valence-corrected chi connectivity index (χ2v) is 7.32. The van der Waals surface area contributed by atoms with E-state index < -0.39 is 0 Å². The molecular weight excluding hydrogens is 320 g/mol. The zero-order valence-electron chi connectivity index (χ0n) is 14.0. The van der Waals surface area contributed by atoms with E-state index in [0.717, 1.165) is 30.2 Å². The number of benzene rings is 1. The number of aromatic nitrogens is 2. The van der Waals surface area contributed by atoms with Gasteiger partial charge in [0.05, 0.1) is 6.54 Å². The van der Waals surface area contributed by atoms with E-state index in [4.69, 9.17) is 0 Å². The third-order valence-electron chi connectivity index (χ3n) is 4.18. The number of carbonyl (C=O) groups excluding carboxylic acids is 1. The molecule has 1 saturated heterocycles. The third kappa shape index (κ3) is 4.39. The van der Waals surface area contributed by atoms with Crippen molar-refractivity contribution in [3.8, 4) is 0 Å². The highest BCUT2D eigenvalue weighted by molar-refractivity contribution is 7.99. The first-order valence-corrected chi connectivity index (χ1v) is 9.54. The van der Waals surface area contributed by atoms with Gasteiger partial charge in [0.2, 0.25) is 5.91 Å². The maximum absolute atomic E-state index is 13.0. The Balaban J connectivity index is 1.70. The molecule has 0 radical (unpaired) electrons. The van der Waals surface area contributed by atoms with Crippen LogP contribution in [0.2, 0.25) is 0 Å². The van der Waals surface area contributed by atoms with Crippen LogP contribution in [-0.4, -0.2) is 51.2 Å². The summed E-state index contributed by atoms with van der Waals surface area (Å²) < 4.78 is 1.85. The number of carbonyl (C=O) groups is 1. The van der Waals surface area contributed by atoms with Gasteiger partial charge in [0.25, 0.3) is 0 Å². The van der Waals surface area contributed by atoms with Crippen molar-refractivity contribution in [3.05, 3.63) is 54.4 Å². The Morgan fingerprint density at radius 3 is 2.67 bits per heavy atom. The third-order valence-corrected chi connectivity index (χ3v) is 5.13. The van der Waals surface area contributed by atoms with Crippen LogP contribution in [0, 0.1) is 0 Å². The van der Waals surface area contributed by atoms with Gasteiger partial charge < -0.3 is 5.32 Å². The van der Waals surface area contributed by atoms with Gasteiger partial charge >= 0.3 is 0 Å². The topological polar surface area (TPSA) is 50.2 Å². The van der Waals surface area contributed by atoms with E-state index in [9.17, 15) is 4.79 Å². The van der Waals surface area contributed by atoms with Gasteiger partial charge in [0.1, 0.15) is 6.04 Å². The lowest BCUT2D eigenvalue weighted by molar-refractivity contribution is -0.127. The molecule has 0 saturated carbocycles. The zero-order chi connectivity index (χ0) is 16.8. The minimum atomic E-state index is -0.216. The van der Waals surface area contributed by atoms with E-state index >= 15 is 0 Å². The zero-order valence-corrected chi connectivity index (χ0v) is 14.8. The number of hydrogen-bond acceptors (Lipinski definition) is 4. The summed E-state index contributed by atoms with van der Waals surface area (Å²) in [5, 5.41) is 7.37. The Morgan fingerprint density at radius 1 is 1.25 bits per heavy atom. The monoisotopic (exact) mass is 344 g/mol. The molecule has 1 aromatic heterocycles. The van der Waals surface area contributed by atoms with Crippen molar-refractivity contribution in [3.63, 3.8) is 0 Å². The molecule has 2 atom stereocenters. The summed E-state index contributed by atoms with van der Waals surface area (Å²) in [6, 6.07) is 11.8.